The van der Waals surface area contributed by atoms with E-state index in [-0.39, 0.29) is 6.04 Å². The van der Waals surface area contributed by atoms with Crippen LogP contribution < -0.4 is 11.3 Å². The van der Waals surface area contributed by atoms with Gasteiger partial charge in [0.25, 0.3) is 0 Å². The number of nitrogens with zero attached hydrogens (tertiary/aromatic N) is 2. The van der Waals surface area contributed by atoms with Crippen molar-refractivity contribution in [3.05, 3.63) is 17.5 Å². The minimum absolute atomic E-state index is 0.0127. The number of hydrogen-bond donors (Lipinski definition) is 2. The third-order valence-corrected chi connectivity index (χ3v) is 2.18. The van der Waals surface area contributed by atoms with E-state index in [1.54, 1.807) is 13.3 Å². The number of nitrogens with two attached hydrogens (primary N) is 1. The summed E-state index contributed by atoms with van der Waals surface area (Å²) in [6, 6.07) is 0.0127. The van der Waals surface area contributed by atoms with Crippen LogP contribution in [0.3, 0.4) is 0 Å². The number of aromatic nitrogens is 2. The van der Waals surface area contributed by atoms with Crippen LogP contribution in [0.25, 0.3) is 0 Å². The van der Waals surface area contributed by atoms with Crippen LogP contribution in [0, 0.1) is 6.92 Å². The summed E-state index contributed by atoms with van der Waals surface area (Å²) in [6.45, 7) is 2.55. The molecule has 1 heterocycles. The number of hydrazine groups is 1. The second-order valence-electron chi connectivity index (χ2n) is 2.98. The summed E-state index contributed by atoms with van der Waals surface area (Å²) in [7, 11) is 3.55. The van der Waals surface area contributed by atoms with Gasteiger partial charge in [-0.3, -0.25) is 16.0 Å². The van der Waals surface area contributed by atoms with Gasteiger partial charge in [-0.15, -0.1) is 0 Å². The number of methoxy groups -OCH3 is 1. The van der Waals surface area contributed by atoms with Crippen LogP contribution in [0.1, 0.15) is 17.3 Å². The molecule has 1 unspecified atom stereocenters. The number of nitrogens with one attached hydrogen (secondary N) is 1. The average Bonchev–Trinajstić information content (AvgIpc) is 2.45. The Labute approximate surface area is 77.8 Å². The Balaban J connectivity index is 2.84. The van der Waals surface area contributed by atoms with E-state index in [0.717, 1.165) is 11.3 Å². The molecule has 0 amide bonds. The van der Waals surface area contributed by atoms with E-state index in [0.29, 0.717) is 6.61 Å². The summed E-state index contributed by atoms with van der Waals surface area (Å²) in [4.78, 5) is 0. The molecule has 1 rings (SSSR count). The molecule has 0 aliphatic carbocycles. The molecule has 3 N–H and O–H groups in total. The topological polar surface area (TPSA) is 65.1 Å². The van der Waals surface area contributed by atoms with Gasteiger partial charge in [-0.1, -0.05) is 0 Å². The molecule has 1 aromatic rings. The molecule has 0 saturated carbocycles. The molecule has 5 nitrogen and oxygen atoms in total. The highest BCUT2D eigenvalue weighted by atomic mass is 16.5. The molecule has 0 aliphatic rings. The summed E-state index contributed by atoms with van der Waals surface area (Å²) in [5.41, 5.74) is 4.87. The summed E-state index contributed by atoms with van der Waals surface area (Å²) in [6.07, 6.45) is 1.80. The third kappa shape index (κ3) is 2.06. The van der Waals surface area contributed by atoms with Gasteiger partial charge >= 0.3 is 0 Å². The number of aryl methyl sites for hydroxylation is 1. The second kappa shape index (κ2) is 4.36. The molecule has 1 atom stereocenters. The Bertz CT molecular complexity index is 271. The summed E-state index contributed by atoms with van der Waals surface area (Å²) < 4.78 is 6.85. The van der Waals surface area contributed by atoms with E-state index in [4.69, 9.17) is 10.6 Å². The maximum Gasteiger partial charge on any atom is 0.0727 e. The molecule has 0 fully saturated rings. The molecule has 0 aliphatic heterocycles. The highest BCUT2D eigenvalue weighted by molar-refractivity contribution is 5.20. The minimum Gasteiger partial charge on any atom is -0.383 e. The van der Waals surface area contributed by atoms with Gasteiger partial charge in [0.05, 0.1) is 18.8 Å². The van der Waals surface area contributed by atoms with Crippen LogP contribution in [-0.2, 0) is 11.8 Å². The van der Waals surface area contributed by atoms with Crippen molar-refractivity contribution in [3.8, 4) is 0 Å². The van der Waals surface area contributed by atoms with E-state index in [1.165, 1.54) is 0 Å². The van der Waals surface area contributed by atoms with Crippen molar-refractivity contribution in [2.45, 2.75) is 13.0 Å². The van der Waals surface area contributed by atoms with E-state index in [9.17, 15) is 0 Å². The van der Waals surface area contributed by atoms with E-state index in [2.05, 4.69) is 10.5 Å². The van der Waals surface area contributed by atoms with Crippen molar-refractivity contribution >= 4 is 0 Å². The molecule has 74 valence electrons. The molecular formula is C8H16N4O. The maximum atomic E-state index is 5.40. The zero-order chi connectivity index (χ0) is 9.84. The van der Waals surface area contributed by atoms with Crippen molar-refractivity contribution in [1.82, 2.24) is 15.2 Å². The molecule has 13 heavy (non-hydrogen) atoms. The predicted molar refractivity (Wildman–Crippen MR) is 49.9 cm³/mol. The second-order valence-corrected chi connectivity index (χ2v) is 2.98. The van der Waals surface area contributed by atoms with Crippen LogP contribution in [0.4, 0.5) is 0 Å². The molecule has 0 bridgehead atoms. The third-order valence-electron chi connectivity index (χ3n) is 2.18. The number of ether oxygens (including phenoxy) is 1. The first-order valence-electron chi connectivity index (χ1n) is 4.14. The average molecular weight is 184 g/mol. The van der Waals surface area contributed by atoms with Crippen molar-refractivity contribution < 1.29 is 4.74 Å². The Morgan fingerprint density at radius 1 is 1.77 bits per heavy atom. The predicted octanol–water partition coefficient (Wildman–Crippen LogP) is -0.121. The first-order chi connectivity index (χ1) is 6.20. The van der Waals surface area contributed by atoms with Gasteiger partial charge < -0.3 is 4.74 Å². The number of hydrogen-bond acceptors (Lipinski definition) is 4. The zero-order valence-corrected chi connectivity index (χ0v) is 8.24. The highest BCUT2D eigenvalue weighted by Crippen LogP contribution is 2.15. The van der Waals surface area contributed by atoms with Gasteiger partial charge in [-0.05, 0) is 6.92 Å². The summed E-state index contributed by atoms with van der Waals surface area (Å²) >= 11 is 0. The standard InChI is InChI=1S/C8H16N4O/c1-6-7(4-10-12(6)2)8(11-9)5-13-3/h4,8,11H,5,9H2,1-3H3. The Kier molecular flexibility index (Phi) is 3.41. The molecule has 0 spiro atoms. The maximum absolute atomic E-state index is 5.40. The lowest BCUT2D eigenvalue weighted by Gasteiger charge is -2.13. The minimum atomic E-state index is 0.0127. The van der Waals surface area contributed by atoms with Gasteiger partial charge in [-0.2, -0.15) is 5.10 Å². The van der Waals surface area contributed by atoms with Crippen LogP contribution in [0.5, 0.6) is 0 Å². The molecule has 0 aromatic carbocycles. The molecular weight excluding hydrogens is 168 g/mol. The first kappa shape index (κ1) is 10.2. The highest BCUT2D eigenvalue weighted by Gasteiger charge is 2.14. The SMILES string of the molecule is COCC(NN)c1cnn(C)c1C. The molecule has 5 heteroatoms. The lowest BCUT2D eigenvalue weighted by Crippen LogP contribution is -2.31. The lowest BCUT2D eigenvalue weighted by atomic mass is 10.1. The van der Waals surface area contributed by atoms with Gasteiger partial charge in [0.2, 0.25) is 0 Å². The van der Waals surface area contributed by atoms with Crippen LogP contribution in [-0.4, -0.2) is 23.5 Å². The smallest absolute Gasteiger partial charge is 0.0727 e. The van der Waals surface area contributed by atoms with E-state index >= 15 is 0 Å². The molecule has 1 aromatic heterocycles. The quantitative estimate of drug-likeness (QED) is 0.506. The monoisotopic (exact) mass is 184 g/mol. The molecule has 0 radical (unpaired) electrons. The van der Waals surface area contributed by atoms with Crippen LogP contribution in [0.15, 0.2) is 6.20 Å². The lowest BCUT2D eigenvalue weighted by molar-refractivity contribution is 0.167. The fraction of sp³-hybridized carbons (Fsp3) is 0.625. The Morgan fingerprint density at radius 2 is 2.46 bits per heavy atom. The van der Waals surface area contributed by atoms with Crippen LogP contribution >= 0.6 is 0 Å². The summed E-state index contributed by atoms with van der Waals surface area (Å²) in [5.74, 6) is 5.40. The van der Waals surface area contributed by atoms with E-state index < -0.39 is 0 Å². The van der Waals surface area contributed by atoms with Crippen molar-refractivity contribution in [2.24, 2.45) is 12.9 Å². The van der Waals surface area contributed by atoms with Crippen molar-refractivity contribution in [1.29, 1.82) is 0 Å². The van der Waals surface area contributed by atoms with Gasteiger partial charge in [-0.25, -0.2) is 0 Å². The Morgan fingerprint density at radius 3 is 2.85 bits per heavy atom. The van der Waals surface area contributed by atoms with Crippen LogP contribution in [0.2, 0.25) is 0 Å². The zero-order valence-electron chi connectivity index (χ0n) is 8.24. The fourth-order valence-corrected chi connectivity index (χ4v) is 1.25. The first-order valence-corrected chi connectivity index (χ1v) is 4.14. The largest absolute Gasteiger partial charge is 0.383 e. The van der Waals surface area contributed by atoms with E-state index in [1.807, 2.05) is 18.7 Å². The van der Waals surface area contributed by atoms with Gasteiger partial charge in [0.1, 0.15) is 0 Å². The van der Waals surface area contributed by atoms with Gasteiger partial charge in [0.15, 0.2) is 0 Å². The Hall–Kier alpha value is -0.910. The van der Waals surface area contributed by atoms with Gasteiger partial charge in [0, 0.05) is 25.4 Å². The normalized spacial score (nSPS) is 13.2. The van der Waals surface area contributed by atoms with Crippen molar-refractivity contribution in [3.63, 3.8) is 0 Å². The fourth-order valence-electron chi connectivity index (χ4n) is 1.25. The summed E-state index contributed by atoms with van der Waals surface area (Å²) in [5, 5.41) is 4.13. The van der Waals surface area contributed by atoms with Crippen molar-refractivity contribution in [2.75, 3.05) is 13.7 Å². The molecule has 0 saturated heterocycles. The number of rotatable bonds is 4.